The molecule has 1 aromatic heterocycles. The molecule has 0 radical (unpaired) electrons. The summed E-state index contributed by atoms with van der Waals surface area (Å²) in [6, 6.07) is 0. The molecule has 1 N–H and O–H groups in total. The number of hydrogen-bond acceptors (Lipinski definition) is 3. The first-order valence-corrected chi connectivity index (χ1v) is 5.58. The third-order valence-electron chi connectivity index (χ3n) is 2.44. The molecule has 0 aromatic carbocycles. The average Bonchev–Trinajstić information content (AvgIpc) is 2.46. The predicted molar refractivity (Wildman–Crippen MR) is 57.4 cm³/mol. The van der Waals surface area contributed by atoms with Crippen molar-refractivity contribution in [2.75, 3.05) is 11.9 Å². The van der Waals surface area contributed by atoms with Gasteiger partial charge in [0.15, 0.2) is 5.13 Å². The summed E-state index contributed by atoms with van der Waals surface area (Å²) in [4.78, 5) is 4.53. The SMILES string of the molecule is C=CCNc1nc(C2CCC2)cs1. The van der Waals surface area contributed by atoms with Gasteiger partial charge in [0.25, 0.3) is 0 Å². The summed E-state index contributed by atoms with van der Waals surface area (Å²) in [5.74, 6) is 0.746. The van der Waals surface area contributed by atoms with Crippen LogP contribution in [-0.2, 0) is 0 Å². The summed E-state index contributed by atoms with van der Waals surface area (Å²) < 4.78 is 0. The quantitative estimate of drug-likeness (QED) is 0.745. The molecule has 13 heavy (non-hydrogen) atoms. The van der Waals surface area contributed by atoms with E-state index in [1.54, 1.807) is 11.3 Å². The minimum Gasteiger partial charge on any atom is -0.358 e. The second-order valence-corrected chi connectivity index (χ2v) is 4.23. The molecule has 2 rings (SSSR count). The summed E-state index contributed by atoms with van der Waals surface area (Å²) in [7, 11) is 0. The highest BCUT2D eigenvalue weighted by atomic mass is 32.1. The molecule has 1 aliphatic carbocycles. The first-order chi connectivity index (χ1) is 6.40. The molecule has 1 saturated carbocycles. The summed E-state index contributed by atoms with van der Waals surface area (Å²) in [5, 5.41) is 6.41. The molecule has 1 heterocycles. The number of rotatable bonds is 4. The fraction of sp³-hybridized carbons (Fsp3) is 0.500. The molecule has 0 saturated heterocycles. The van der Waals surface area contributed by atoms with Crippen LogP contribution in [0.4, 0.5) is 5.13 Å². The van der Waals surface area contributed by atoms with Crippen LogP contribution in [0, 0.1) is 0 Å². The molecule has 1 aromatic rings. The topological polar surface area (TPSA) is 24.9 Å². The third-order valence-corrected chi connectivity index (χ3v) is 3.26. The van der Waals surface area contributed by atoms with Crippen molar-refractivity contribution >= 4 is 16.5 Å². The summed E-state index contributed by atoms with van der Waals surface area (Å²) in [5.41, 5.74) is 1.28. The van der Waals surface area contributed by atoms with Crippen LogP contribution < -0.4 is 5.32 Å². The maximum absolute atomic E-state index is 4.53. The van der Waals surface area contributed by atoms with E-state index in [-0.39, 0.29) is 0 Å². The van der Waals surface area contributed by atoms with E-state index >= 15 is 0 Å². The van der Waals surface area contributed by atoms with Crippen LogP contribution in [0.5, 0.6) is 0 Å². The van der Waals surface area contributed by atoms with E-state index in [2.05, 4.69) is 22.3 Å². The minimum absolute atomic E-state index is 0.746. The van der Waals surface area contributed by atoms with E-state index in [1.807, 2.05) is 6.08 Å². The highest BCUT2D eigenvalue weighted by Gasteiger charge is 2.21. The standard InChI is InChI=1S/C10H14N2S/c1-2-6-11-10-12-9(7-13-10)8-4-3-5-8/h2,7-8H,1,3-6H2,(H,11,12). The zero-order chi connectivity index (χ0) is 9.10. The van der Waals surface area contributed by atoms with Crippen molar-refractivity contribution in [1.82, 2.24) is 4.98 Å². The molecule has 3 heteroatoms. The lowest BCUT2D eigenvalue weighted by Gasteiger charge is -2.22. The lowest BCUT2D eigenvalue weighted by molar-refractivity contribution is 0.413. The van der Waals surface area contributed by atoms with Crippen molar-refractivity contribution in [1.29, 1.82) is 0 Å². The van der Waals surface area contributed by atoms with Gasteiger partial charge >= 0.3 is 0 Å². The van der Waals surface area contributed by atoms with Gasteiger partial charge < -0.3 is 5.32 Å². The first-order valence-electron chi connectivity index (χ1n) is 4.70. The van der Waals surface area contributed by atoms with Gasteiger partial charge in [-0.1, -0.05) is 12.5 Å². The summed E-state index contributed by atoms with van der Waals surface area (Å²) in [6.45, 7) is 4.46. The maximum Gasteiger partial charge on any atom is 0.183 e. The zero-order valence-corrected chi connectivity index (χ0v) is 8.44. The number of aromatic nitrogens is 1. The largest absolute Gasteiger partial charge is 0.358 e. The first kappa shape index (κ1) is 8.75. The lowest BCUT2D eigenvalue weighted by Crippen LogP contribution is -2.09. The molecule has 0 bridgehead atoms. The smallest absolute Gasteiger partial charge is 0.183 e. The zero-order valence-electron chi connectivity index (χ0n) is 7.62. The van der Waals surface area contributed by atoms with Crippen molar-refractivity contribution < 1.29 is 0 Å². The Morgan fingerprint density at radius 3 is 3.15 bits per heavy atom. The van der Waals surface area contributed by atoms with Gasteiger partial charge in [0.05, 0.1) is 5.69 Å². The Hall–Kier alpha value is -0.830. The van der Waals surface area contributed by atoms with E-state index in [9.17, 15) is 0 Å². The van der Waals surface area contributed by atoms with Gasteiger partial charge in [-0.3, -0.25) is 0 Å². The van der Waals surface area contributed by atoms with E-state index in [4.69, 9.17) is 0 Å². The lowest BCUT2D eigenvalue weighted by atomic mass is 9.83. The molecule has 70 valence electrons. The number of nitrogens with zero attached hydrogens (tertiary/aromatic N) is 1. The third kappa shape index (κ3) is 1.91. The van der Waals surface area contributed by atoms with Gasteiger partial charge in [-0.2, -0.15) is 0 Å². The van der Waals surface area contributed by atoms with Crippen LogP contribution in [0.2, 0.25) is 0 Å². The van der Waals surface area contributed by atoms with E-state index in [1.165, 1.54) is 25.0 Å². The van der Waals surface area contributed by atoms with Gasteiger partial charge in [0.1, 0.15) is 0 Å². The molecule has 2 nitrogen and oxygen atoms in total. The van der Waals surface area contributed by atoms with Crippen molar-refractivity contribution in [3.8, 4) is 0 Å². The Balaban J connectivity index is 1.96. The van der Waals surface area contributed by atoms with Crippen LogP contribution >= 0.6 is 11.3 Å². The summed E-state index contributed by atoms with van der Waals surface area (Å²) in [6.07, 6.45) is 5.87. The molecule has 1 aliphatic rings. The Kier molecular flexibility index (Phi) is 2.64. The molecule has 0 spiro atoms. The Morgan fingerprint density at radius 2 is 2.54 bits per heavy atom. The molecule has 0 aliphatic heterocycles. The fourth-order valence-electron chi connectivity index (χ4n) is 1.42. The van der Waals surface area contributed by atoms with Gasteiger partial charge in [0.2, 0.25) is 0 Å². The van der Waals surface area contributed by atoms with Crippen LogP contribution in [-0.4, -0.2) is 11.5 Å². The van der Waals surface area contributed by atoms with Gasteiger partial charge in [-0.05, 0) is 12.8 Å². The van der Waals surface area contributed by atoms with Crippen molar-refractivity contribution in [3.05, 3.63) is 23.7 Å². The van der Waals surface area contributed by atoms with E-state index in [0.29, 0.717) is 0 Å². The predicted octanol–water partition coefficient (Wildman–Crippen LogP) is 3.01. The van der Waals surface area contributed by atoms with Crippen molar-refractivity contribution in [3.63, 3.8) is 0 Å². The van der Waals surface area contributed by atoms with E-state index in [0.717, 1.165) is 17.6 Å². The number of hydrogen-bond donors (Lipinski definition) is 1. The molecule has 0 atom stereocenters. The van der Waals surface area contributed by atoms with Crippen LogP contribution in [0.25, 0.3) is 0 Å². The van der Waals surface area contributed by atoms with Gasteiger partial charge in [-0.15, -0.1) is 17.9 Å². The molecule has 0 unspecified atom stereocenters. The maximum atomic E-state index is 4.53. The second-order valence-electron chi connectivity index (χ2n) is 3.37. The molecular formula is C10H14N2S. The summed E-state index contributed by atoms with van der Waals surface area (Å²) >= 11 is 1.70. The molecular weight excluding hydrogens is 180 g/mol. The number of nitrogens with one attached hydrogen (secondary N) is 1. The monoisotopic (exact) mass is 194 g/mol. The Labute approximate surface area is 82.7 Å². The Bertz CT molecular complexity index is 289. The Morgan fingerprint density at radius 1 is 1.69 bits per heavy atom. The average molecular weight is 194 g/mol. The highest BCUT2D eigenvalue weighted by Crippen LogP contribution is 2.37. The van der Waals surface area contributed by atoms with Crippen LogP contribution in [0.15, 0.2) is 18.0 Å². The van der Waals surface area contributed by atoms with Gasteiger partial charge in [-0.25, -0.2) is 4.98 Å². The van der Waals surface area contributed by atoms with Crippen LogP contribution in [0.3, 0.4) is 0 Å². The number of thiazole rings is 1. The van der Waals surface area contributed by atoms with Crippen LogP contribution in [0.1, 0.15) is 30.9 Å². The van der Waals surface area contributed by atoms with Gasteiger partial charge in [0, 0.05) is 17.8 Å². The molecule has 1 fully saturated rings. The fourth-order valence-corrected chi connectivity index (χ4v) is 2.22. The second kappa shape index (κ2) is 3.92. The van der Waals surface area contributed by atoms with Crippen molar-refractivity contribution in [2.45, 2.75) is 25.2 Å². The molecule has 0 amide bonds. The normalized spacial score (nSPS) is 16.6. The number of anilines is 1. The highest BCUT2D eigenvalue weighted by molar-refractivity contribution is 7.13. The van der Waals surface area contributed by atoms with E-state index < -0.39 is 0 Å². The van der Waals surface area contributed by atoms with Crippen molar-refractivity contribution in [2.24, 2.45) is 0 Å². The minimum atomic E-state index is 0.746.